The van der Waals surface area contributed by atoms with E-state index in [0.29, 0.717) is 18.3 Å². The van der Waals surface area contributed by atoms with Crippen molar-refractivity contribution >= 4 is 15.9 Å². The van der Waals surface area contributed by atoms with Crippen LogP contribution in [0.5, 0.6) is 5.75 Å². The van der Waals surface area contributed by atoms with Crippen molar-refractivity contribution in [3.63, 3.8) is 0 Å². The van der Waals surface area contributed by atoms with Crippen LogP contribution in [0.25, 0.3) is 0 Å². The molecule has 1 aromatic carbocycles. The molecule has 1 rings (SSSR count). The normalized spacial score (nSPS) is 10.8. The van der Waals surface area contributed by atoms with E-state index in [1.807, 2.05) is 0 Å². The third kappa shape index (κ3) is 4.94. The van der Waals surface area contributed by atoms with Crippen molar-refractivity contribution in [2.24, 2.45) is 5.92 Å². The number of hydrogen-bond donors (Lipinski definition) is 1. The lowest BCUT2D eigenvalue weighted by molar-refractivity contribution is 0.296. The van der Waals surface area contributed by atoms with Crippen LogP contribution in [-0.4, -0.2) is 19.7 Å². The molecule has 2 nitrogen and oxygen atoms in total. The molecule has 1 aromatic rings. The van der Waals surface area contributed by atoms with Gasteiger partial charge in [-0.25, -0.2) is 4.39 Å². The first-order chi connectivity index (χ1) is 7.59. The summed E-state index contributed by atoms with van der Waals surface area (Å²) in [5.74, 6) is 0.581. The Morgan fingerprint density at radius 2 is 2.19 bits per heavy atom. The summed E-state index contributed by atoms with van der Waals surface area (Å²) in [6.07, 6.45) is 0. The van der Waals surface area contributed by atoms with Crippen LogP contribution in [0.3, 0.4) is 0 Å². The second-order valence-electron chi connectivity index (χ2n) is 4.02. The number of hydrogen-bond acceptors (Lipinski definition) is 2. The van der Waals surface area contributed by atoms with E-state index in [2.05, 4.69) is 35.1 Å². The number of rotatable bonds is 6. The van der Waals surface area contributed by atoms with Gasteiger partial charge in [-0.15, -0.1) is 0 Å². The van der Waals surface area contributed by atoms with Crippen LogP contribution in [-0.2, 0) is 0 Å². The van der Waals surface area contributed by atoms with Gasteiger partial charge < -0.3 is 10.1 Å². The maximum absolute atomic E-state index is 13.3. The van der Waals surface area contributed by atoms with Crippen molar-refractivity contribution in [1.82, 2.24) is 5.32 Å². The Hall–Kier alpha value is -0.610. The molecule has 0 spiro atoms. The maximum atomic E-state index is 13.3. The molecule has 0 aliphatic rings. The predicted molar refractivity (Wildman–Crippen MR) is 67.3 cm³/mol. The van der Waals surface area contributed by atoms with Crippen LogP contribution in [0.1, 0.15) is 13.8 Å². The molecule has 0 heterocycles. The summed E-state index contributed by atoms with van der Waals surface area (Å²) in [5, 5.41) is 3.23. The van der Waals surface area contributed by atoms with Gasteiger partial charge in [-0.3, -0.25) is 0 Å². The number of ether oxygens (including phenoxy) is 1. The Labute approximate surface area is 104 Å². The van der Waals surface area contributed by atoms with E-state index in [-0.39, 0.29) is 5.82 Å². The highest BCUT2D eigenvalue weighted by Gasteiger charge is 2.03. The Morgan fingerprint density at radius 3 is 2.81 bits per heavy atom. The van der Waals surface area contributed by atoms with Crippen LogP contribution < -0.4 is 10.1 Å². The van der Waals surface area contributed by atoms with Gasteiger partial charge in [0.05, 0.1) is 0 Å². The second-order valence-corrected chi connectivity index (χ2v) is 4.94. The molecule has 1 N–H and O–H groups in total. The highest BCUT2D eigenvalue weighted by molar-refractivity contribution is 9.10. The minimum atomic E-state index is -0.335. The lowest BCUT2D eigenvalue weighted by atomic mass is 10.2. The van der Waals surface area contributed by atoms with Gasteiger partial charge in [0, 0.05) is 11.0 Å². The van der Waals surface area contributed by atoms with Crippen LogP contribution in [0.15, 0.2) is 22.7 Å². The highest BCUT2D eigenvalue weighted by Crippen LogP contribution is 2.21. The van der Waals surface area contributed by atoms with Gasteiger partial charge in [0.15, 0.2) is 11.6 Å². The van der Waals surface area contributed by atoms with E-state index < -0.39 is 0 Å². The molecule has 0 fully saturated rings. The molecule has 4 heteroatoms. The standard InChI is InChI=1S/C12H17BrFNO/c1-9(2)8-15-5-6-16-12-4-3-10(13)7-11(12)14/h3-4,7,9,15H,5-6,8H2,1-2H3. The molecular formula is C12H17BrFNO. The Bertz CT molecular complexity index is 331. The molecule has 0 amide bonds. The van der Waals surface area contributed by atoms with Gasteiger partial charge in [0.1, 0.15) is 6.61 Å². The number of benzene rings is 1. The first kappa shape index (κ1) is 13.5. The molecule has 0 saturated heterocycles. The van der Waals surface area contributed by atoms with Gasteiger partial charge >= 0.3 is 0 Å². The fourth-order valence-corrected chi connectivity index (χ4v) is 1.55. The first-order valence-corrected chi connectivity index (χ1v) is 6.17. The molecule has 90 valence electrons. The summed E-state index contributed by atoms with van der Waals surface area (Å²) in [6.45, 7) is 6.44. The fraction of sp³-hybridized carbons (Fsp3) is 0.500. The van der Waals surface area contributed by atoms with Gasteiger partial charge in [-0.2, -0.15) is 0 Å². The van der Waals surface area contributed by atoms with Crippen LogP contribution in [0.4, 0.5) is 4.39 Å². The van der Waals surface area contributed by atoms with Crippen molar-refractivity contribution < 1.29 is 9.13 Å². The van der Waals surface area contributed by atoms with E-state index in [1.54, 1.807) is 12.1 Å². The van der Waals surface area contributed by atoms with E-state index in [1.165, 1.54) is 6.07 Å². The van der Waals surface area contributed by atoms with Crippen LogP contribution in [0.2, 0.25) is 0 Å². The Morgan fingerprint density at radius 1 is 1.44 bits per heavy atom. The summed E-state index contributed by atoms with van der Waals surface area (Å²) in [6, 6.07) is 4.79. The quantitative estimate of drug-likeness (QED) is 0.812. The summed E-state index contributed by atoms with van der Waals surface area (Å²) in [7, 11) is 0. The largest absolute Gasteiger partial charge is 0.489 e. The number of nitrogens with one attached hydrogen (secondary N) is 1. The average molecular weight is 290 g/mol. The Kier molecular flexibility index (Phi) is 5.77. The predicted octanol–water partition coefficient (Wildman–Crippen LogP) is 3.21. The van der Waals surface area contributed by atoms with Gasteiger partial charge in [0.25, 0.3) is 0 Å². The molecule has 0 bridgehead atoms. The van der Waals surface area contributed by atoms with Gasteiger partial charge in [-0.05, 0) is 30.7 Å². The third-order valence-electron chi connectivity index (χ3n) is 1.98. The minimum absolute atomic E-state index is 0.301. The zero-order valence-electron chi connectivity index (χ0n) is 9.59. The second kappa shape index (κ2) is 6.86. The lowest BCUT2D eigenvalue weighted by Gasteiger charge is -2.09. The summed E-state index contributed by atoms with van der Waals surface area (Å²) in [5.41, 5.74) is 0. The highest BCUT2D eigenvalue weighted by atomic mass is 79.9. The maximum Gasteiger partial charge on any atom is 0.166 e. The molecule has 0 aromatic heterocycles. The molecule has 0 aliphatic carbocycles. The molecule has 0 aliphatic heterocycles. The molecule has 0 saturated carbocycles. The molecular weight excluding hydrogens is 273 g/mol. The zero-order chi connectivity index (χ0) is 12.0. The van der Waals surface area contributed by atoms with Crippen LogP contribution in [0, 0.1) is 11.7 Å². The molecule has 0 radical (unpaired) electrons. The van der Waals surface area contributed by atoms with E-state index in [0.717, 1.165) is 17.6 Å². The fourth-order valence-electron chi connectivity index (χ4n) is 1.22. The van der Waals surface area contributed by atoms with Crippen molar-refractivity contribution in [2.45, 2.75) is 13.8 Å². The summed E-state index contributed by atoms with van der Waals surface area (Å²) >= 11 is 3.20. The van der Waals surface area contributed by atoms with Crippen molar-refractivity contribution in [3.05, 3.63) is 28.5 Å². The van der Waals surface area contributed by atoms with Gasteiger partial charge in [-0.1, -0.05) is 29.8 Å². The van der Waals surface area contributed by atoms with E-state index in [9.17, 15) is 4.39 Å². The molecule has 0 unspecified atom stereocenters. The summed E-state index contributed by atoms with van der Waals surface area (Å²) in [4.78, 5) is 0. The zero-order valence-corrected chi connectivity index (χ0v) is 11.2. The summed E-state index contributed by atoms with van der Waals surface area (Å²) < 4.78 is 19.3. The van der Waals surface area contributed by atoms with E-state index >= 15 is 0 Å². The van der Waals surface area contributed by atoms with Crippen molar-refractivity contribution in [2.75, 3.05) is 19.7 Å². The topological polar surface area (TPSA) is 21.3 Å². The molecule has 16 heavy (non-hydrogen) atoms. The van der Waals surface area contributed by atoms with Crippen molar-refractivity contribution in [1.29, 1.82) is 0 Å². The Balaban J connectivity index is 2.27. The third-order valence-corrected chi connectivity index (χ3v) is 2.48. The van der Waals surface area contributed by atoms with Gasteiger partial charge in [0.2, 0.25) is 0 Å². The minimum Gasteiger partial charge on any atom is -0.489 e. The van der Waals surface area contributed by atoms with E-state index in [4.69, 9.17) is 4.74 Å². The molecule has 0 atom stereocenters. The SMILES string of the molecule is CC(C)CNCCOc1ccc(Br)cc1F. The average Bonchev–Trinajstić information content (AvgIpc) is 2.20. The smallest absolute Gasteiger partial charge is 0.166 e. The van der Waals surface area contributed by atoms with Crippen molar-refractivity contribution in [3.8, 4) is 5.75 Å². The van der Waals surface area contributed by atoms with Crippen LogP contribution >= 0.6 is 15.9 Å². The lowest BCUT2D eigenvalue weighted by Crippen LogP contribution is -2.25. The first-order valence-electron chi connectivity index (χ1n) is 5.38. The monoisotopic (exact) mass is 289 g/mol. The number of halogens is 2.